The third kappa shape index (κ3) is 5.87. The van der Waals surface area contributed by atoms with Crippen molar-refractivity contribution in [1.82, 2.24) is 10.2 Å². The van der Waals surface area contributed by atoms with E-state index in [4.69, 9.17) is 0 Å². The van der Waals surface area contributed by atoms with Gasteiger partial charge >= 0.3 is 0 Å². The molecule has 1 saturated carbocycles. The van der Waals surface area contributed by atoms with Gasteiger partial charge in [0.2, 0.25) is 0 Å². The lowest BCUT2D eigenvalue weighted by molar-refractivity contribution is 0.240. The Labute approximate surface area is 108 Å². The van der Waals surface area contributed by atoms with E-state index < -0.39 is 0 Å². The Morgan fingerprint density at radius 2 is 2.12 bits per heavy atom. The van der Waals surface area contributed by atoms with E-state index in [0.29, 0.717) is 6.04 Å². The third-order valence-electron chi connectivity index (χ3n) is 4.46. The summed E-state index contributed by atoms with van der Waals surface area (Å²) in [4.78, 5) is 2.45. The zero-order chi connectivity index (χ0) is 12.7. The maximum absolute atomic E-state index is 3.64. The highest BCUT2D eigenvalue weighted by atomic mass is 15.1. The Morgan fingerprint density at radius 1 is 1.35 bits per heavy atom. The van der Waals surface area contributed by atoms with Gasteiger partial charge in [-0.25, -0.2) is 0 Å². The normalized spacial score (nSPS) is 27.4. The molecule has 1 N–H and O–H groups in total. The van der Waals surface area contributed by atoms with E-state index in [0.717, 1.165) is 18.4 Å². The van der Waals surface area contributed by atoms with Gasteiger partial charge < -0.3 is 10.2 Å². The Bertz CT molecular complexity index is 193. The Morgan fingerprint density at radius 3 is 2.76 bits per heavy atom. The molecule has 17 heavy (non-hydrogen) atoms. The SMILES string of the molecule is CCC(C)N(C)CCNCC1CCCC(C)C1. The molecule has 0 bridgehead atoms. The first-order valence-corrected chi connectivity index (χ1v) is 7.54. The molecule has 0 saturated heterocycles. The third-order valence-corrected chi connectivity index (χ3v) is 4.46. The molecule has 0 aromatic heterocycles. The second kappa shape index (κ2) is 8.10. The highest BCUT2D eigenvalue weighted by Crippen LogP contribution is 2.27. The van der Waals surface area contributed by atoms with Gasteiger partial charge in [0.05, 0.1) is 0 Å². The first kappa shape index (κ1) is 15.0. The Hall–Kier alpha value is -0.0800. The van der Waals surface area contributed by atoms with E-state index in [1.807, 2.05) is 0 Å². The molecule has 3 unspecified atom stereocenters. The van der Waals surface area contributed by atoms with E-state index >= 15 is 0 Å². The number of nitrogens with zero attached hydrogens (tertiary/aromatic N) is 1. The summed E-state index contributed by atoms with van der Waals surface area (Å²) >= 11 is 0. The van der Waals surface area contributed by atoms with Crippen LogP contribution < -0.4 is 5.32 Å². The van der Waals surface area contributed by atoms with Crippen molar-refractivity contribution in [3.63, 3.8) is 0 Å². The molecular weight excluding hydrogens is 208 g/mol. The van der Waals surface area contributed by atoms with Gasteiger partial charge in [-0.1, -0.05) is 26.7 Å². The second-order valence-electron chi connectivity index (χ2n) is 6.08. The molecule has 3 atom stereocenters. The van der Waals surface area contributed by atoms with E-state index in [1.165, 1.54) is 45.2 Å². The fraction of sp³-hybridized carbons (Fsp3) is 1.00. The van der Waals surface area contributed by atoms with Crippen LogP contribution in [0.3, 0.4) is 0 Å². The van der Waals surface area contributed by atoms with Crippen LogP contribution in [0, 0.1) is 11.8 Å². The molecular formula is C15H32N2. The predicted molar refractivity (Wildman–Crippen MR) is 76.4 cm³/mol. The molecule has 0 radical (unpaired) electrons. The lowest BCUT2D eigenvalue weighted by Gasteiger charge is -2.28. The Kier molecular flexibility index (Phi) is 7.14. The van der Waals surface area contributed by atoms with Crippen molar-refractivity contribution in [2.75, 3.05) is 26.7 Å². The molecule has 1 rings (SSSR count). The van der Waals surface area contributed by atoms with Gasteiger partial charge in [0.15, 0.2) is 0 Å². The van der Waals surface area contributed by atoms with Gasteiger partial charge in [-0.2, -0.15) is 0 Å². The molecule has 0 amide bonds. The van der Waals surface area contributed by atoms with Gasteiger partial charge in [-0.3, -0.25) is 0 Å². The van der Waals surface area contributed by atoms with Crippen LogP contribution in [-0.2, 0) is 0 Å². The summed E-state index contributed by atoms with van der Waals surface area (Å²) in [5, 5.41) is 3.64. The summed E-state index contributed by atoms with van der Waals surface area (Å²) in [5.74, 6) is 1.89. The minimum atomic E-state index is 0.714. The van der Waals surface area contributed by atoms with Crippen LogP contribution in [0.2, 0.25) is 0 Å². The fourth-order valence-electron chi connectivity index (χ4n) is 2.84. The Balaban J connectivity index is 2.03. The average Bonchev–Trinajstić information content (AvgIpc) is 2.33. The maximum atomic E-state index is 3.64. The summed E-state index contributed by atoms with van der Waals surface area (Å²) in [6.45, 7) is 10.5. The van der Waals surface area contributed by atoms with Crippen LogP contribution in [0.1, 0.15) is 52.9 Å². The van der Waals surface area contributed by atoms with Crippen LogP contribution in [-0.4, -0.2) is 37.6 Å². The second-order valence-corrected chi connectivity index (χ2v) is 6.08. The molecule has 1 aliphatic carbocycles. The van der Waals surface area contributed by atoms with Crippen molar-refractivity contribution in [3.05, 3.63) is 0 Å². The van der Waals surface area contributed by atoms with Crippen molar-refractivity contribution in [2.45, 2.75) is 58.9 Å². The number of rotatable bonds is 7. The lowest BCUT2D eigenvalue weighted by atomic mass is 9.82. The van der Waals surface area contributed by atoms with Crippen LogP contribution >= 0.6 is 0 Å². The average molecular weight is 240 g/mol. The summed E-state index contributed by atoms with van der Waals surface area (Å²) < 4.78 is 0. The highest BCUT2D eigenvalue weighted by molar-refractivity contribution is 4.72. The molecule has 2 heteroatoms. The maximum Gasteiger partial charge on any atom is 0.0107 e. The summed E-state index contributed by atoms with van der Waals surface area (Å²) in [5.41, 5.74) is 0. The van der Waals surface area contributed by atoms with Crippen molar-refractivity contribution in [3.8, 4) is 0 Å². The lowest BCUT2D eigenvalue weighted by Crippen LogP contribution is -2.36. The zero-order valence-corrected chi connectivity index (χ0v) is 12.3. The van der Waals surface area contributed by atoms with Gasteiger partial charge in [0, 0.05) is 19.1 Å². The quantitative estimate of drug-likeness (QED) is 0.688. The predicted octanol–water partition coefficient (Wildman–Crippen LogP) is 3.13. The molecule has 0 aliphatic heterocycles. The molecule has 1 fully saturated rings. The minimum Gasteiger partial charge on any atom is -0.315 e. The van der Waals surface area contributed by atoms with E-state index in [9.17, 15) is 0 Å². The molecule has 0 spiro atoms. The number of nitrogens with one attached hydrogen (secondary N) is 1. The van der Waals surface area contributed by atoms with Crippen LogP contribution in [0.25, 0.3) is 0 Å². The van der Waals surface area contributed by atoms with Gasteiger partial charge in [-0.15, -0.1) is 0 Å². The van der Waals surface area contributed by atoms with Crippen LogP contribution in [0.15, 0.2) is 0 Å². The largest absolute Gasteiger partial charge is 0.315 e. The van der Waals surface area contributed by atoms with Crippen molar-refractivity contribution in [2.24, 2.45) is 11.8 Å². The number of hydrogen-bond donors (Lipinski definition) is 1. The summed E-state index contributed by atoms with van der Waals surface area (Å²) in [6.07, 6.45) is 7.02. The number of hydrogen-bond acceptors (Lipinski definition) is 2. The fourth-order valence-corrected chi connectivity index (χ4v) is 2.84. The number of likely N-dealkylation sites (N-methyl/N-ethyl adjacent to an activating group) is 1. The van der Waals surface area contributed by atoms with E-state index in [1.54, 1.807) is 0 Å². The smallest absolute Gasteiger partial charge is 0.0107 e. The van der Waals surface area contributed by atoms with Crippen LogP contribution in [0.4, 0.5) is 0 Å². The summed E-state index contributed by atoms with van der Waals surface area (Å²) in [7, 11) is 2.23. The van der Waals surface area contributed by atoms with Crippen molar-refractivity contribution >= 4 is 0 Å². The molecule has 1 aliphatic rings. The van der Waals surface area contributed by atoms with Gasteiger partial charge in [0.1, 0.15) is 0 Å². The van der Waals surface area contributed by atoms with Crippen LogP contribution in [0.5, 0.6) is 0 Å². The summed E-state index contributed by atoms with van der Waals surface area (Å²) in [6, 6.07) is 0.714. The molecule has 2 nitrogen and oxygen atoms in total. The molecule has 0 aromatic carbocycles. The standard InChI is InChI=1S/C15H32N2/c1-5-14(3)17(4)10-9-16-12-15-8-6-7-13(2)11-15/h13-16H,5-12H2,1-4H3. The van der Waals surface area contributed by atoms with Gasteiger partial charge in [0.25, 0.3) is 0 Å². The monoisotopic (exact) mass is 240 g/mol. The van der Waals surface area contributed by atoms with Crippen molar-refractivity contribution in [1.29, 1.82) is 0 Å². The molecule has 0 aromatic rings. The van der Waals surface area contributed by atoms with Crippen molar-refractivity contribution < 1.29 is 0 Å². The first-order chi connectivity index (χ1) is 8.13. The molecule has 0 heterocycles. The molecule has 102 valence electrons. The zero-order valence-electron chi connectivity index (χ0n) is 12.3. The van der Waals surface area contributed by atoms with E-state index in [-0.39, 0.29) is 0 Å². The van der Waals surface area contributed by atoms with Gasteiger partial charge in [-0.05, 0) is 51.6 Å². The van der Waals surface area contributed by atoms with E-state index in [2.05, 4.69) is 38.0 Å². The minimum absolute atomic E-state index is 0.714. The topological polar surface area (TPSA) is 15.3 Å². The first-order valence-electron chi connectivity index (χ1n) is 7.54. The highest BCUT2D eigenvalue weighted by Gasteiger charge is 2.18.